The summed E-state index contributed by atoms with van der Waals surface area (Å²) in [6.07, 6.45) is 0. The highest BCUT2D eigenvalue weighted by Crippen LogP contribution is 2.65. The Bertz CT molecular complexity index is 1020. The van der Waals surface area contributed by atoms with Gasteiger partial charge in [0, 0.05) is 12.5 Å². The van der Waals surface area contributed by atoms with Crippen molar-refractivity contribution in [1.82, 2.24) is 5.32 Å². The second-order valence-electron chi connectivity index (χ2n) is 6.52. The summed E-state index contributed by atoms with van der Waals surface area (Å²) in [5.41, 5.74) is -1.06. The number of amides is 2. The fraction of sp³-hybridized carbons (Fsp3) is 0.263. The van der Waals surface area contributed by atoms with E-state index in [-0.39, 0.29) is 5.02 Å². The van der Waals surface area contributed by atoms with Gasteiger partial charge in [-0.3, -0.25) is 9.59 Å². The molecule has 0 spiro atoms. The summed E-state index contributed by atoms with van der Waals surface area (Å²) in [7, 11) is 0. The number of rotatable bonds is 6. The van der Waals surface area contributed by atoms with Crippen molar-refractivity contribution in [3.05, 3.63) is 63.9 Å². The molecule has 3 rings (SSSR count). The van der Waals surface area contributed by atoms with Crippen LogP contribution in [0.25, 0.3) is 0 Å². The van der Waals surface area contributed by atoms with Crippen molar-refractivity contribution in [3.8, 4) is 0 Å². The second-order valence-corrected chi connectivity index (χ2v) is 8.37. The van der Waals surface area contributed by atoms with E-state index in [1.54, 1.807) is 0 Å². The molecule has 11 heteroatoms. The molecular formula is C19H13Cl3F4N2O2. The van der Waals surface area contributed by atoms with Crippen molar-refractivity contribution in [2.75, 3.05) is 18.5 Å². The van der Waals surface area contributed by atoms with Gasteiger partial charge in [0.2, 0.25) is 5.91 Å². The van der Waals surface area contributed by atoms with E-state index in [0.717, 1.165) is 18.2 Å². The Morgan fingerprint density at radius 2 is 1.73 bits per heavy atom. The normalized spacial score (nSPS) is 19.3. The zero-order valence-electron chi connectivity index (χ0n) is 14.9. The van der Waals surface area contributed by atoms with Gasteiger partial charge in [0.25, 0.3) is 5.91 Å². The molecule has 0 radical (unpaired) electrons. The molecule has 160 valence electrons. The quantitative estimate of drug-likeness (QED) is 0.450. The molecule has 1 aliphatic carbocycles. The smallest absolute Gasteiger partial charge is 0.257 e. The molecule has 2 aromatic carbocycles. The number of halogens is 7. The van der Waals surface area contributed by atoms with Gasteiger partial charge >= 0.3 is 0 Å². The van der Waals surface area contributed by atoms with Crippen LogP contribution in [0.5, 0.6) is 0 Å². The third kappa shape index (κ3) is 4.22. The first kappa shape index (κ1) is 22.7. The highest BCUT2D eigenvalue weighted by atomic mass is 35.5. The van der Waals surface area contributed by atoms with E-state index in [0.29, 0.717) is 5.56 Å². The van der Waals surface area contributed by atoms with Crippen LogP contribution in [-0.2, 0) is 4.79 Å². The molecule has 0 heterocycles. The van der Waals surface area contributed by atoms with E-state index in [1.165, 1.54) is 12.1 Å². The molecule has 30 heavy (non-hydrogen) atoms. The number of hydrogen-bond donors (Lipinski definition) is 2. The lowest BCUT2D eigenvalue weighted by Crippen LogP contribution is -2.28. The van der Waals surface area contributed by atoms with E-state index < -0.39 is 69.9 Å². The average Bonchev–Trinajstić information content (AvgIpc) is 3.26. The minimum absolute atomic E-state index is 0.184. The maximum atomic E-state index is 14.6. The Hall–Kier alpha value is -2.03. The number of nitrogens with one attached hydrogen (secondary N) is 2. The SMILES string of the molecule is O=C(NCCF)c1c(F)ccc(NC(=O)C2C(c3ccc(F)c(Cl)c3)C2(Cl)Cl)c1F. The van der Waals surface area contributed by atoms with E-state index >= 15 is 0 Å². The summed E-state index contributed by atoms with van der Waals surface area (Å²) < 4.78 is 52.5. The Labute approximate surface area is 183 Å². The first-order valence-corrected chi connectivity index (χ1v) is 9.68. The van der Waals surface area contributed by atoms with Crippen LogP contribution >= 0.6 is 34.8 Å². The molecule has 2 amide bonds. The third-order valence-electron chi connectivity index (χ3n) is 4.59. The Morgan fingerprint density at radius 1 is 1.07 bits per heavy atom. The van der Waals surface area contributed by atoms with Crippen molar-refractivity contribution < 1.29 is 27.2 Å². The largest absolute Gasteiger partial charge is 0.349 e. The summed E-state index contributed by atoms with van der Waals surface area (Å²) >= 11 is 18.1. The molecule has 1 saturated carbocycles. The van der Waals surface area contributed by atoms with E-state index in [9.17, 15) is 27.2 Å². The van der Waals surface area contributed by atoms with Crippen LogP contribution in [0.3, 0.4) is 0 Å². The predicted octanol–water partition coefficient (Wildman–Crippen LogP) is 4.98. The monoisotopic (exact) mass is 482 g/mol. The molecule has 0 saturated heterocycles. The van der Waals surface area contributed by atoms with Gasteiger partial charge in [-0.2, -0.15) is 0 Å². The van der Waals surface area contributed by atoms with Crippen LogP contribution < -0.4 is 10.6 Å². The molecule has 2 aromatic rings. The summed E-state index contributed by atoms with van der Waals surface area (Å²) in [4.78, 5) is 24.5. The Morgan fingerprint density at radius 3 is 2.37 bits per heavy atom. The average molecular weight is 484 g/mol. The first-order valence-electron chi connectivity index (χ1n) is 8.55. The predicted molar refractivity (Wildman–Crippen MR) is 105 cm³/mol. The van der Waals surface area contributed by atoms with Gasteiger partial charge in [-0.15, -0.1) is 23.2 Å². The topological polar surface area (TPSA) is 58.2 Å². The lowest BCUT2D eigenvalue weighted by Gasteiger charge is -2.11. The lowest BCUT2D eigenvalue weighted by atomic mass is 10.1. The highest BCUT2D eigenvalue weighted by Gasteiger charge is 2.67. The molecule has 0 aliphatic heterocycles. The number of anilines is 1. The summed E-state index contributed by atoms with van der Waals surface area (Å²) in [5.74, 6) is -6.96. The standard InChI is InChI=1S/C19H13Cl3F4N2O2/c20-9-7-8(1-2-10(9)24)14-15(19(14,21)22)18(30)28-12-4-3-11(25)13(16(12)26)17(29)27-6-5-23/h1-4,7,14-15H,5-6H2,(H,27,29)(H,28,30). The van der Waals surface area contributed by atoms with Gasteiger partial charge in [0.1, 0.15) is 28.2 Å². The summed E-state index contributed by atoms with van der Waals surface area (Å²) in [6.45, 7) is -1.35. The fourth-order valence-corrected chi connectivity index (χ4v) is 4.11. The van der Waals surface area contributed by atoms with Crippen LogP contribution in [0.4, 0.5) is 23.2 Å². The first-order chi connectivity index (χ1) is 14.1. The van der Waals surface area contributed by atoms with Crippen LogP contribution in [0.15, 0.2) is 30.3 Å². The molecule has 2 atom stereocenters. The van der Waals surface area contributed by atoms with Crippen molar-refractivity contribution in [2.45, 2.75) is 10.3 Å². The summed E-state index contributed by atoms with van der Waals surface area (Å²) in [6, 6.07) is 5.44. The Balaban J connectivity index is 1.82. The van der Waals surface area contributed by atoms with E-state index in [2.05, 4.69) is 5.32 Å². The number of hydrogen-bond acceptors (Lipinski definition) is 2. The fourth-order valence-electron chi connectivity index (χ4n) is 3.09. The number of carbonyl (C=O) groups excluding carboxylic acids is 2. The molecule has 2 unspecified atom stereocenters. The highest BCUT2D eigenvalue weighted by molar-refractivity contribution is 6.53. The third-order valence-corrected chi connectivity index (χ3v) is 5.82. The molecule has 0 aromatic heterocycles. The molecule has 1 aliphatic rings. The van der Waals surface area contributed by atoms with Gasteiger partial charge < -0.3 is 10.6 Å². The van der Waals surface area contributed by atoms with Gasteiger partial charge in [-0.1, -0.05) is 17.7 Å². The summed E-state index contributed by atoms with van der Waals surface area (Å²) in [5, 5.41) is 4.04. The molecule has 4 nitrogen and oxygen atoms in total. The second kappa shape index (κ2) is 8.61. The van der Waals surface area contributed by atoms with Gasteiger partial charge in [0.15, 0.2) is 5.82 Å². The van der Waals surface area contributed by atoms with Crippen molar-refractivity contribution in [1.29, 1.82) is 0 Å². The maximum absolute atomic E-state index is 14.6. The molecule has 2 N–H and O–H groups in total. The van der Waals surface area contributed by atoms with Crippen LogP contribution in [-0.4, -0.2) is 29.4 Å². The van der Waals surface area contributed by atoms with Gasteiger partial charge in [-0.05, 0) is 29.8 Å². The van der Waals surface area contributed by atoms with E-state index in [1.807, 2.05) is 5.32 Å². The zero-order chi connectivity index (χ0) is 22.2. The molecular weight excluding hydrogens is 471 g/mol. The van der Waals surface area contributed by atoms with E-state index in [4.69, 9.17) is 34.8 Å². The Kier molecular flexibility index (Phi) is 6.50. The van der Waals surface area contributed by atoms with Gasteiger partial charge in [-0.25, -0.2) is 17.6 Å². The van der Waals surface area contributed by atoms with Crippen molar-refractivity contribution >= 4 is 52.3 Å². The van der Waals surface area contributed by atoms with Crippen molar-refractivity contribution in [2.24, 2.45) is 5.92 Å². The van der Waals surface area contributed by atoms with Crippen molar-refractivity contribution in [3.63, 3.8) is 0 Å². The van der Waals surface area contributed by atoms with Crippen LogP contribution in [0.2, 0.25) is 5.02 Å². The lowest BCUT2D eigenvalue weighted by molar-refractivity contribution is -0.117. The van der Waals surface area contributed by atoms with Gasteiger partial charge in [0.05, 0.1) is 16.6 Å². The van der Waals surface area contributed by atoms with Crippen LogP contribution in [0.1, 0.15) is 21.8 Å². The maximum Gasteiger partial charge on any atom is 0.257 e. The van der Waals surface area contributed by atoms with Crippen LogP contribution in [0, 0.1) is 23.4 Å². The minimum atomic E-state index is -1.57. The molecule has 1 fully saturated rings. The number of benzene rings is 2. The number of alkyl halides is 3. The zero-order valence-corrected chi connectivity index (χ0v) is 17.2. The minimum Gasteiger partial charge on any atom is -0.349 e. The molecule has 0 bridgehead atoms. The number of carbonyl (C=O) groups is 2.